The Bertz CT molecular complexity index is 271. The monoisotopic (exact) mass is 262 g/mol. The van der Waals surface area contributed by atoms with E-state index in [-0.39, 0.29) is 0 Å². The van der Waals surface area contributed by atoms with Gasteiger partial charge in [0.1, 0.15) is 5.82 Å². The number of aromatic nitrogens is 1. The van der Waals surface area contributed by atoms with Crippen LogP contribution in [0.5, 0.6) is 0 Å². The zero-order chi connectivity index (χ0) is 8.43. The van der Waals surface area contributed by atoms with Crippen LogP contribution in [0.4, 0.5) is 5.82 Å². The summed E-state index contributed by atoms with van der Waals surface area (Å²) in [5, 5.41) is 0. The Kier molecular flexibility index (Phi) is 2.70. The number of nitrogens with two attached hydrogens (primary N) is 1. The maximum atomic E-state index is 5.69. The van der Waals surface area contributed by atoms with Crippen LogP contribution < -0.4 is 5.73 Å². The second-order valence-corrected chi connectivity index (χ2v) is 3.62. The van der Waals surface area contributed by atoms with Crippen LogP contribution in [0.2, 0.25) is 0 Å². The molecule has 3 heteroatoms. The van der Waals surface area contributed by atoms with Gasteiger partial charge in [0.05, 0.1) is 5.69 Å². The first kappa shape index (κ1) is 8.77. The van der Waals surface area contributed by atoms with E-state index in [0.29, 0.717) is 5.82 Å². The van der Waals surface area contributed by atoms with Crippen molar-refractivity contribution in [3.05, 3.63) is 20.9 Å². The third-order valence-corrected chi connectivity index (χ3v) is 2.74. The van der Waals surface area contributed by atoms with Gasteiger partial charge in [-0.2, -0.15) is 0 Å². The molecule has 11 heavy (non-hydrogen) atoms. The standard InChI is InChI=1S/C8H11IN2/c1-3-6-4-7(9)5(2)11-8(6)10/h4H,3H2,1-2H3,(H2,10,11). The van der Waals surface area contributed by atoms with E-state index < -0.39 is 0 Å². The number of rotatable bonds is 1. The Morgan fingerprint density at radius 2 is 2.27 bits per heavy atom. The van der Waals surface area contributed by atoms with Crippen LogP contribution in [0.25, 0.3) is 0 Å². The molecule has 0 unspecified atom stereocenters. The van der Waals surface area contributed by atoms with Crippen molar-refractivity contribution in [3.63, 3.8) is 0 Å². The van der Waals surface area contributed by atoms with Crippen molar-refractivity contribution in [2.75, 3.05) is 5.73 Å². The second-order valence-electron chi connectivity index (χ2n) is 2.45. The van der Waals surface area contributed by atoms with Crippen LogP contribution >= 0.6 is 22.6 Å². The van der Waals surface area contributed by atoms with Gasteiger partial charge < -0.3 is 5.73 Å². The smallest absolute Gasteiger partial charge is 0.126 e. The molecule has 0 aliphatic rings. The minimum atomic E-state index is 0.672. The number of aryl methyl sites for hydroxylation is 2. The summed E-state index contributed by atoms with van der Waals surface area (Å²) in [6.45, 7) is 4.05. The highest BCUT2D eigenvalue weighted by atomic mass is 127. The molecule has 0 spiro atoms. The van der Waals surface area contributed by atoms with Gasteiger partial charge in [0.25, 0.3) is 0 Å². The molecule has 0 fully saturated rings. The molecule has 2 nitrogen and oxygen atoms in total. The van der Waals surface area contributed by atoms with Gasteiger partial charge >= 0.3 is 0 Å². The summed E-state index contributed by atoms with van der Waals surface area (Å²) in [6.07, 6.45) is 0.953. The van der Waals surface area contributed by atoms with Gasteiger partial charge in [-0.05, 0) is 47.6 Å². The van der Waals surface area contributed by atoms with Crippen LogP contribution in [0, 0.1) is 10.5 Å². The molecule has 0 aliphatic heterocycles. The van der Waals surface area contributed by atoms with E-state index in [9.17, 15) is 0 Å². The quantitative estimate of drug-likeness (QED) is 0.787. The van der Waals surface area contributed by atoms with Crippen LogP contribution in [-0.2, 0) is 6.42 Å². The Morgan fingerprint density at radius 3 is 2.82 bits per heavy atom. The van der Waals surface area contributed by atoms with Crippen LogP contribution in [0.15, 0.2) is 6.07 Å². The molecule has 0 saturated carbocycles. The first-order chi connectivity index (χ1) is 5.15. The van der Waals surface area contributed by atoms with E-state index in [1.807, 2.05) is 6.92 Å². The molecule has 0 aliphatic carbocycles. The fourth-order valence-electron chi connectivity index (χ4n) is 0.920. The normalized spacial score (nSPS) is 10.1. The van der Waals surface area contributed by atoms with E-state index in [4.69, 9.17) is 5.73 Å². The average Bonchev–Trinajstić information content (AvgIpc) is 1.97. The summed E-state index contributed by atoms with van der Waals surface area (Å²) in [6, 6.07) is 2.10. The molecule has 60 valence electrons. The SMILES string of the molecule is CCc1cc(I)c(C)nc1N. The zero-order valence-corrected chi connectivity index (χ0v) is 8.84. The summed E-state index contributed by atoms with van der Waals surface area (Å²) >= 11 is 2.27. The fourth-order valence-corrected chi connectivity index (χ4v) is 1.42. The van der Waals surface area contributed by atoms with Gasteiger partial charge in [0.2, 0.25) is 0 Å². The Morgan fingerprint density at radius 1 is 1.64 bits per heavy atom. The Balaban J connectivity index is 3.21. The number of pyridine rings is 1. The van der Waals surface area contributed by atoms with E-state index in [1.54, 1.807) is 0 Å². The molecule has 0 aromatic carbocycles. The minimum absolute atomic E-state index is 0.672. The minimum Gasteiger partial charge on any atom is -0.383 e. The molecule has 1 rings (SSSR count). The number of hydrogen-bond acceptors (Lipinski definition) is 2. The number of hydrogen-bond donors (Lipinski definition) is 1. The van der Waals surface area contributed by atoms with Crippen molar-refractivity contribution in [2.24, 2.45) is 0 Å². The van der Waals surface area contributed by atoms with Crippen molar-refractivity contribution in [2.45, 2.75) is 20.3 Å². The Labute approximate surface area is 80.3 Å². The lowest BCUT2D eigenvalue weighted by atomic mass is 10.2. The van der Waals surface area contributed by atoms with Crippen molar-refractivity contribution >= 4 is 28.4 Å². The van der Waals surface area contributed by atoms with E-state index in [2.05, 4.69) is 40.6 Å². The third-order valence-electron chi connectivity index (χ3n) is 1.64. The summed E-state index contributed by atoms with van der Waals surface area (Å²) in [5.41, 5.74) is 7.84. The predicted octanol–water partition coefficient (Wildman–Crippen LogP) is 2.14. The third kappa shape index (κ3) is 1.83. The highest BCUT2D eigenvalue weighted by molar-refractivity contribution is 14.1. The summed E-state index contributed by atoms with van der Waals surface area (Å²) in [5.74, 6) is 0.672. The topological polar surface area (TPSA) is 38.9 Å². The molecule has 0 saturated heterocycles. The first-order valence-electron chi connectivity index (χ1n) is 3.56. The predicted molar refractivity (Wildman–Crippen MR) is 55.5 cm³/mol. The Hall–Kier alpha value is -0.320. The first-order valence-corrected chi connectivity index (χ1v) is 4.64. The van der Waals surface area contributed by atoms with Crippen molar-refractivity contribution in [1.29, 1.82) is 0 Å². The van der Waals surface area contributed by atoms with Crippen LogP contribution in [0.3, 0.4) is 0 Å². The lowest BCUT2D eigenvalue weighted by Gasteiger charge is -2.04. The lowest BCUT2D eigenvalue weighted by molar-refractivity contribution is 1.08. The van der Waals surface area contributed by atoms with E-state index >= 15 is 0 Å². The van der Waals surface area contributed by atoms with E-state index in [0.717, 1.165) is 17.7 Å². The van der Waals surface area contributed by atoms with Crippen molar-refractivity contribution in [3.8, 4) is 0 Å². The van der Waals surface area contributed by atoms with Gasteiger partial charge in [0, 0.05) is 3.57 Å². The second kappa shape index (κ2) is 3.38. The molecular formula is C8H11IN2. The summed E-state index contributed by atoms with van der Waals surface area (Å²) < 4.78 is 1.19. The highest BCUT2D eigenvalue weighted by Gasteiger charge is 2.01. The molecule has 0 amide bonds. The number of nitrogens with zero attached hydrogens (tertiary/aromatic N) is 1. The average molecular weight is 262 g/mol. The van der Waals surface area contributed by atoms with Crippen molar-refractivity contribution in [1.82, 2.24) is 4.98 Å². The zero-order valence-electron chi connectivity index (χ0n) is 6.69. The highest BCUT2D eigenvalue weighted by Crippen LogP contribution is 2.16. The molecule has 2 N–H and O–H groups in total. The van der Waals surface area contributed by atoms with Crippen LogP contribution in [0.1, 0.15) is 18.2 Å². The van der Waals surface area contributed by atoms with Gasteiger partial charge in [-0.15, -0.1) is 0 Å². The maximum absolute atomic E-state index is 5.69. The molecule has 1 aromatic rings. The lowest BCUT2D eigenvalue weighted by Crippen LogP contribution is -1.99. The summed E-state index contributed by atoms with van der Waals surface area (Å²) in [4.78, 5) is 4.21. The molecule has 0 atom stereocenters. The van der Waals surface area contributed by atoms with Crippen LogP contribution in [-0.4, -0.2) is 4.98 Å². The molecule has 0 radical (unpaired) electrons. The largest absolute Gasteiger partial charge is 0.383 e. The van der Waals surface area contributed by atoms with Gasteiger partial charge in [-0.3, -0.25) is 0 Å². The number of halogens is 1. The van der Waals surface area contributed by atoms with E-state index in [1.165, 1.54) is 3.57 Å². The van der Waals surface area contributed by atoms with Gasteiger partial charge in [-0.1, -0.05) is 6.92 Å². The van der Waals surface area contributed by atoms with Gasteiger partial charge in [-0.25, -0.2) is 4.98 Å². The molecule has 1 heterocycles. The summed E-state index contributed by atoms with van der Waals surface area (Å²) in [7, 11) is 0. The van der Waals surface area contributed by atoms with Crippen molar-refractivity contribution < 1.29 is 0 Å². The molecule has 1 aromatic heterocycles. The fraction of sp³-hybridized carbons (Fsp3) is 0.375. The number of anilines is 1. The molecular weight excluding hydrogens is 251 g/mol. The maximum Gasteiger partial charge on any atom is 0.126 e. The number of nitrogen functional groups attached to an aromatic ring is 1. The molecule has 0 bridgehead atoms. The van der Waals surface area contributed by atoms with Gasteiger partial charge in [0.15, 0.2) is 0 Å².